The molecule has 0 bridgehead atoms. The maximum absolute atomic E-state index is 10.9. The molecule has 0 aliphatic heterocycles. The van der Waals surface area contributed by atoms with Crippen molar-refractivity contribution in [2.45, 2.75) is 26.7 Å². The van der Waals surface area contributed by atoms with Gasteiger partial charge in [0.2, 0.25) is 5.78 Å². The summed E-state index contributed by atoms with van der Waals surface area (Å²) in [7, 11) is 0. The third kappa shape index (κ3) is 5.85. The summed E-state index contributed by atoms with van der Waals surface area (Å²) in [6, 6.07) is 1.51. The van der Waals surface area contributed by atoms with E-state index in [1.54, 1.807) is 13.8 Å². The van der Waals surface area contributed by atoms with Gasteiger partial charge in [0.15, 0.2) is 0 Å². The Morgan fingerprint density at radius 1 is 1.46 bits per heavy atom. The molecule has 0 aromatic carbocycles. The number of ether oxygens (including phenoxy) is 1. The average molecular weight is 183 g/mol. The van der Waals surface area contributed by atoms with Crippen molar-refractivity contribution in [1.82, 2.24) is 0 Å². The van der Waals surface area contributed by atoms with E-state index in [1.807, 2.05) is 0 Å². The van der Waals surface area contributed by atoms with E-state index in [-0.39, 0.29) is 24.7 Å². The van der Waals surface area contributed by atoms with E-state index in [1.165, 1.54) is 6.07 Å². The van der Waals surface area contributed by atoms with E-state index in [9.17, 15) is 9.59 Å². The third-order valence-corrected chi connectivity index (χ3v) is 1.48. The van der Waals surface area contributed by atoms with Crippen molar-refractivity contribution in [3.63, 3.8) is 0 Å². The van der Waals surface area contributed by atoms with Crippen LogP contribution in [0.4, 0.5) is 0 Å². The van der Waals surface area contributed by atoms with E-state index in [2.05, 4.69) is 0 Å². The molecule has 1 unspecified atom stereocenters. The molecule has 0 radical (unpaired) electrons. The van der Waals surface area contributed by atoms with Crippen molar-refractivity contribution in [2.75, 3.05) is 6.61 Å². The third-order valence-electron chi connectivity index (χ3n) is 1.48. The number of nitrogens with zero attached hydrogens (tertiary/aromatic N) is 1. The Balaban J connectivity index is 3.75. The van der Waals surface area contributed by atoms with Crippen LogP contribution in [0.5, 0.6) is 0 Å². The minimum atomic E-state index is -0.489. The lowest BCUT2D eigenvalue weighted by Gasteiger charge is -2.06. The summed E-state index contributed by atoms with van der Waals surface area (Å²) in [6.07, 6.45) is 0.316. The van der Waals surface area contributed by atoms with Crippen LogP contribution in [0.1, 0.15) is 26.7 Å². The van der Waals surface area contributed by atoms with Gasteiger partial charge in [0.25, 0.3) is 0 Å². The number of hydrogen-bond acceptors (Lipinski definition) is 4. The van der Waals surface area contributed by atoms with Gasteiger partial charge in [-0.15, -0.1) is 0 Å². The number of esters is 1. The van der Waals surface area contributed by atoms with Crippen LogP contribution in [0.25, 0.3) is 0 Å². The molecule has 4 nitrogen and oxygen atoms in total. The molecule has 0 aliphatic carbocycles. The van der Waals surface area contributed by atoms with Crippen LogP contribution in [-0.2, 0) is 14.3 Å². The number of ketones is 1. The van der Waals surface area contributed by atoms with Crippen LogP contribution in [0.15, 0.2) is 0 Å². The molecule has 0 aromatic rings. The molecular weight excluding hydrogens is 170 g/mol. The highest BCUT2D eigenvalue weighted by molar-refractivity contribution is 5.93. The van der Waals surface area contributed by atoms with Gasteiger partial charge in [0.1, 0.15) is 6.07 Å². The van der Waals surface area contributed by atoms with E-state index < -0.39 is 5.78 Å². The fourth-order valence-electron chi connectivity index (χ4n) is 0.939. The average Bonchev–Trinajstić information content (AvgIpc) is 2.04. The first kappa shape index (κ1) is 11.6. The zero-order valence-corrected chi connectivity index (χ0v) is 7.87. The monoisotopic (exact) mass is 183 g/mol. The second-order valence-corrected chi connectivity index (χ2v) is 2.85. The first-order valence-corrected chi connectivity index (χ1v) is 4.18. The molecule has 0 spiro atoms. The zero-order chi connectivity index (χ0) is 10.3. The highest BCUT2D eigenvalue weighted by Crippen LogP contribution is 2.08. The molecule has 0 fully saturated rings. The van der Waals surface area contributed by atoms with Gasteiger partial charge >= 0.3 is 5.97 Å². The van der Waals surface area contributed by atoms with Crippen molar-refractivity contribution in [3.8, 4) is 6.07 Å². The fraction of sp³-hybridized carbons (Fsp3) is 0.667. The van der Waals surface area contributed by atoms with Gasteiger partial charge in [-0.05, 0) is 12.8 Å². The zero-order valence-electron chi connectivity index (χ0n) is 7.87. The molecule has 1 atom stereocenters. The first-order valence-electron chi connectivity index (χ1n) is 4.18. The molecule has 0 aliphatic rings. The molecule has 72 valence electrons. The summed E-state index contributed by atoms with van der Waals surface area (Å²) < 4.78 is 4.69. The highest BCUT2D eigenvalue weighted by Gasteiger charge is 2.13. The second kappa shape index (κ2) is 6.18. The van der Waals surface area contributed by atoms with Crippen molar-refractivity contribution in [1.29, 1.82) is 5.26 Å². The molecule has 13 heavy (non-hydrogen) atoms. The lowest BCUT2D eigenvalue weighted by molar-refractivity contribution is -0.144. The van der Waals surface area contributed by atoms with Crippen LogP contribution in [0, 0.1) is 17.2 Å². The van der Waals surface area contributed by atoms with Crippen LogP contribution < -0.4 is 0 Å². The molecule has 0 amide bonds. The SMILES string of the molecule is CCOC(=O)CC(C)CC(=O)C#N. The summed E-state index contributed by atoms with van der Waals surface area (Å²) in [5, 5.41) is 8.21. The Labute approximate surface area is 77.5 Å². The van der Waals surface area contributed by atoms with E-state index in [4.69, 9.17) is 10.00 Å². The topological polar surface area (TPSA) is 67.2 Å². The minimum absolute atomic E-state index is 0.119. The predicted octanol–water partition coefficient (Wildman–Crippen LogP) is 1.06. The highest BCUT2D eigenvalue weighted by atomic mass is 16.5. The Morgan fingerprint density at radius 2 is 2.08 bits per heavy atom. The molecule has 4 heteroatoms. The summed E-state index contributed by atoms with van der Waals surface area (Å²) in [6.45, 7) is 3.81. The Hall–Kier alpha value is -1.37. The molecule has 0 heterocycles. The standard InChI is InChI=1S/C9H13NO3/c1-3-13-9(12)5-7(2)4-8(11)6-10/h7H,3-5H2,1-2H3. The molecule has 0 saturated heterocycles. The van der Waals surface area contributed by atoms with Gasteiger partial charge in [0, 0.05) is 12.8 Å². The number of carbonyl (C=O) groups is 2. The molecular formula is C9H13NO3. The van der Waals surface area contributed by atoms with Crippen molar-refractivity contribution < 1.29 is 14.3 Å². The lowest BCUT2D eigenvalue weighted by Crippen LogP contribution is -2.11. The summed E-state index contributed by atoms with van der Waals surface area (Å²) in [4.78, 5) is 21.6. The van der Waals surface area contributed by atoms with E-state index in [0.29, 0.717) is 6.61 Å². The van der Waals surface area contributed by atoms with Gasteiger partial charge in [-0.1, -0.05) is 6.92 Å². The lowest BCUT2D eigenvalue weighted by atomic mass is 10.0. The molecule has 0 saturated carbocycles. The smallest absolute Gasteiger partial charge is 0.306 e. The van der Waals surface area contributed by atoms with Gasteiger partial charge in [-0.3, -0.25) is 9.59 Å². The van der Waals surface area contributed by atoms with Gasteiger partial charge in [-0.2, -0.15) is 5.26 Å². The fourth-order valence-corrected chi connectivity index (χ4v) is 0.939. The number of hydrogen-bond donors (Lipinski definition) is 0. The Morgan fingerprint density at radius 3 is 2.54 bits per heavy atom. The molecule has 0 aromatic heterocycles. The van der Waals surface area contributed by atoms with Crippen LogP contribution in [-0.4, -0.2) is 18.4 Å². The number of carbonyl (C=O) groups excluding carboxylic acids is 2. The summed E-state index contributed by atoms with van der Waals surface area (Å²) in [5.41, 5.74) is 0. The Bertz CT molecular complexity index is 230. The van der Waals surface area contributed by atoms with Gasteiger partial charge < -0.3 is 4.74 Å². The van der Waals surface area contributed by atoms with Crippen LogP contribution in [0.3, 0.4) is 0 Å². The van der Waals surface area contributed by atoms with E-state index in [0.717, 1.165) is 0 Å². The second-order valence-electron chi connectivity index (χ2n) is 2.85. The van der Waals surface area contributed by atoms with Crippen LogP contribution in [0.2, 0.25) is 0 Å². The Kier molecular flexibility index (Phi) is 5.53. The predicted molar refractivity (Wildman–Crippen MR) is 45.7 cm³/mol. The first-order chi connectivity index (χ1) is 6.10. The minimum Gasteiger partial charge on any atom is -0.466 e. The summed E-state index contributed by atoms with van der Waals surface area (Å²) >= 11 is 0. The van der Waals surface area contributed by atoms with Crippen molar-refractivity contribution in [2.24, 2.45) is 5.92 Å². The van der Waals surface area contributed by atoms with E-state index >= 15 is 0 Å². The molecule has 0 N–H and O–H groups in total. The van der Waals surface area contributed by atoms with Crippen molar-refractivity contribution >= 4 is 11.8 Å². The van der Waals surface area contributed by atoms with Crippen molar-refractivity contribution in [3.05, 3.63) is 0 Å². The summed E-state index contributed by atoms with van der Waals surface area (Å²) in [5.74, 6) is -0.927. The normalized spacial score (nSPS) is 11.5. The maximum atomic E-state index is 10.9. The maximum Gasteiger partial charge on any atom is 0.306 e. The largest absolute Gasteiger partial charge is 0.466 e. The van der Waals surface area contributed by atoms with Gasteiger partial charge in [0.05, 0.1) is 6.61 Å². The number of Topliss-reactive ketones (excluding diaryl/α,β-unsaturated/α-hetero) is 1. The number of rotatable bonds is 5. The van der Waals surface area contributed by atoms with Crippen LogP contribution >= 0.6 is 0 Å². The number of nitriles is 1. The molecule has 0 rings (SSSR count). The quantitative estimate of drug-likeness (QED) is 0.472. The van der Waals surface area contributed by atoms with Gasteiger partial charge in [-0.25, -0.2) is 0 Å².